The topological polar surface area (TPSA) is 38.7 Å². The van der Waals surface area contributed by atoms with E-state index in [9.17, 15) is 17.6 Å². The van der Waals surface area contributed by atoms with Crippen LogP contribution in [-0.2, 0) is 0 Å². The summed E-state index contributed by atoms with van der Waals surface area (Å²) in [6.45, 7) is 0. The van der Waals surface area contributed by atoms with Crippen LogP contribution in [-0.4, -0.2) is 15.2 Å². The Kier molecular flexibility index (Phi) is 4.57. The van der Waals surface area contributed by atoms with E-state index in [0.29, 0.717) is 11.1 Å². The van der Waals surface area contributed by atoms with Crippen LogP contribution in [0.25, 0.3) is 33.6 Å². The lowest BCUT2D eigenvalue weighted by Crippen LogP contribution is -1.95. The van der Waals surface area contributed by atoms with E-state index in [1.165, 1.54) is 48.8 Å². The molecule has 0 amide bonds. The molecule has 0 aliphatic heterocycles. The van der Waals surface area contributed by atoms with Crippen molar-refractivity contribution in [1.29, 1.82) is 0 Å². The van der Waals surface area contributed by atoms with Gasteiger partial charge in [0.1, 0.15) is 29.0 Å². The van der Waals surface area contributed by atoms with Gasteiger partial charge in [0.25, 0.3) is 0 Å². The Morgan fingerprint density at radius 3 is 2.29 bits per heavy atom. The maximum absolute atomic E-state index is 14.3. The first kappa shape index (κ1) is 17.8. The van der Waals surface area contributed by atoms with E-state index < -0.39 is 23.3 Å². The fourth-order valence-corrected chi connectivity index (χ4v) is 2.82. The zero-order chi connectivity index (χ0) is 19.7. The first-order valence-electron chi connectivity index (χ1n) is 8.22. The first-order valence-corrected chi connectivity index (χ1v) is 8.22. The number of nitrogens with zero attached hydrogens (tertiary/aromatic N) is 3. The lowest BCUT2D eigenvalue weighted by molar-refractivity contribution is 0.602. The number of hydrogen-bond donors (Lipinski definition) is 0. The van der Waals surface area contributed by atoms with E-state index in [1.54, 1.807) is 0 Å². The van der Waals surface area contributed by atoms with Gasteiger partial charge in [0, 0.05) is 22.9 Å². The molecule has 0 fully saturated rings. The van der Waals surface area contributed by atoms with E-state index in [-0.39, 0.29) is 22.5 Å². The van der Waals surface area contributed by atoms with Gasteiger partial charge in [-0.05, 0) is 54.1 Å². The highest BCUT2D eigenvalue weighted by Gasteiger charge is 2.14. The highest BCUT2D eigenvalue weighted by Crippen LogP contribution is 2.31. The third kappa shape index (κ3) is 3.34. The Morgan fingerprint density at radius 2 is 1.46 bits per heavy atom. The average molecular weight is 381 g/mol. The molecule has 2 aromatic carbocycles. The molecule has 0 saturated carbocycles. The molecule has 0 spiro atoms. The smallest absolute Gasteiger partial charge is 0.149 e. The summed E-state index contributed by atoms with van der Waals surface area (Å²) in [5, 5.41) is 7.67. The monoisotopic (exact) mass is 381 g/mol. The summed E-state index contributed by atoms with van der Waals surface area (Å²) in [6, 6.07) is 11.2. The normalized spacial score (nSPS) is 10.9. The van der Waals surface area contributed by atoms with E-state index in [0.717, 1.165) is 18.2 Å². The minimum absolute atomic E-state index is 0.0223. The Bertz CT molecular complexity index is 1180. The third-order valence-electron chi connectivity index (χ3n) is 4.17. The van der Waals surface area contributed by atoms with Crippen LogP contribution in [0.5, 0.6) is 0 Å². The molecule has 0 saturated heterocycles. The summed E-state index contributed by atoms with van der Waals surface area (Å²) >= 11 is 0. The molecule has 2 aromatic heterocycles. The Hall–Kier alpha value is -3.61. The Balaban J connectivity index is 1.82. The minimum Gasteiger partial charge on any atom is -0.253 e. The van der Waals surface area contributed by atoms with Crippen LogP contribution >= 0.6 is 0 Å². The molecular weight excluding hydrogens is 370 g/mol. The fraction of sp³-hybridized carbons (Fsp3) is 0. The molecule has 0 N–H and O–H groups in total. The molecule has 0 bridgehead atoms. The van der Waals surface area contributed by atoms with Gasteiger partial charge in [-0.25, -0.2) is 17.6 Å². The van der Waals surface area contributed by atoms with Crippen LogP contribution in [0.2, 0.25) is 0 Å². The molecule has 4 aromatic rings. The predicted octanol–water partition coefficient (Wildman–Crippen LogP) is 5.43. The van der Waals surface area contributed by atoms with Crippen LogP contribution in [0.15, 0.2) is 67.0 Å². The number of aromatic nitrogens is 3. The van der Waals surface area contributed by atoms with Crippen molar-refractivity contribution < 1.29 is 17.6 Å². The van der Waals surface area contributed by atoms with Crippen LogP contribution in [0.3, 0.4) is 0 Å². The van der Waals surface area contributed by atoms with Crippen LogP contribution in [0.1, 0.15) is 0 Å². The van der Waals surface area contributed by atoms with Crippen molar-refractivity contribution >= 4 is 0 Å². The summed E-state index contributed by atoms with van der Waals surface area (Å²) in [7, 11) is 0. The van der Waals surface area contributed by atoms with E-state index in [1.807, 2.05) is 0 Å². The van der Waals surface area contributed by atoms with Crippen molar-refractivity contribution in [1.82, 2.24) is 15.2 Å². The summed E-state index contributed by atoms with van der Waals surface area (Å²) in [5.41, 5.74) is 0.892. The van der Waals surface area contributed by atoms with Crippen molar-refractivity contribution in [2.24, 2.45) is 0 Å². The summed E-state index contributed by atoms with van der Waals surface area (Å²) in [5.74, 6) is -2.56. The lowest BCUT2D eigenvalue weighted by Gasteiger charge is -2.09. The van der Waals surface area contributed by atoms with Crippen LogP contribution in [0, 0.1) is 23.3 Å². The van der Waals surface area contributed by atoms with Crippen LogP contribution in [0.4, 0.5) is 17.6 Å². The molecule has 0 atom stereocenters. The number of benzene rings is 2. The molecule has 2 heterocycles. The van der Waals surface area contributed by atoms with Crippen molar-refractivity contribution in [3.8, 4) is 33.6 Å². The molecule has 7 heteroatoms. The lowest BCUT2D eigenvalue weighted by atomic mass is 10.0. The Morgan fingerprint density at radius 1 is 0.679 bits per heavy atom. The van der Waals surface area contributed by atoms with E-state index in [4.69, 9.17) is 0 Å². The molecule has 4 rings (SSSR count). The quantitative estimate of drug-likeness (QED) is 0.444. The van der Waals surface area contributed by atoms with E-state index >= 15 is 0 Å². The van der Waals surface area contributed by atoms with Crippen molar-refractivity contribution in [3.05, 3.63) is 90.3 Å². The summed E-state index contributed by atoms with van der Waals surface area (Å²) in [4.78, 5) is 3.90. The van der Waals surface area contributed by atoms with Crippen molar-refractivity contribution in [2.75, 3.05) is 0 Å². The predicted molar refractivity (Wildman–Crippen MR) is 96.0 cm³/mol. The average Bonchev–Trinajstić information content (AvgIpc) is 2.71. The number of rotatable bonds is 3. The Labute approximate surface area is 157 Å². The molecule has 3 nitrogen and oxygen atoms in total. The van der Waals surface area contributed by atoms with Gasteiger partial charge in [0.2, 0.25) is 0 Å². The molecule has 0 unspecified atom stereocenters. The third-order valence-corrected chi connectivity index (χ3v) is 4.17. The van der Waals surface area contributed by atoms with Crippen molar-refractivity contribution in [3.63, 3.8) is 0 Å². The van der Waals surface area contributed by atoms with Gasteiger partial charge in [0.15, 0.2) is 0 Å². The van der Waals surface area contributed by atoms with Crippen LogP contribution < -0.4 is 0 Å². The number of hydrogen-bond acceptors (Lipinski definition) is 3. The molecule has 138 valence electrons. The zero-order valence-electron chi connectivity index (χ0n) is 14.2. The molecular formula is C21H11F4N3. The van der Waals surface area contributed by atoms with Gasteiger partial charge in [-0.1, -0.05) is 6.07 Å². The van der Waals surface area contributed by atoms with Gasteiger partial charge in [-0.15, -0.1) is 0 Å². The van der Waals surface area contributed by atoms with Gasteiger partial charge in [0.05, 0.1) is 11.9 Å². The molecule has 28 heavy (non-hydrogen) atoms. The second kappa shape index (κ2) is 7.19. The zero-order valence-corrected chi connectivity index (χ0v) is 14.2. The van der Waals surface area contributed by atoms with Gasteiger partial charge in [-0.2, -0.15) is 10.2 Å². The maximum Gasteiger partial charge on any atom is 0.149 e. The van der Waals surface area contributed by atoms with Gasteiger partial charge in [-0.3, -0.25) is 4.98 Å². The maximum atomic E-state index is 14.3. The van der Waals surface area contributed by atoms with Crippen molar-refractivity contribution in [2.45, 2.75) is 0 Å². The van der Waals surface area contributed by atoms with Gasteiger partial charge < -0.3 is 0 Å². The molecule has 0 radical (unpaired) electrons. The number of pyridine rings is 1. The minimum atomic E-state index is -0.658. The van der Waals surface area contributed by atoms with E-state index in [2.05, 4.69) is 15.2 Å². The number of halogens is 4. The summed E-state index contributed by atoms with van der Waals surface area (Å²) < 4.78 is 55.8. The highest BCUT2D eigenvalue weighted by atomic mass is 19.1. The summed E-state index contributed by atoms with van der Waals surface area (Å²) in [6.07, 6.45) is 2.76. The SMILES string of the molecule is Fc1ccc(F)c(-c2cc(-c3ccc(F)c(-c4ncccc4F)c3)cnn2)c1. The molecule has 0 aliphatic carbocycles. The largest absolute Gasteiger partial charge is 0.253 e. The second-order valence-corrected chi connectivity index (χ2v) is 5.98. The second-order valence-electron chi connectivity index (χ2n) is 5.98. The first-order chi connectivity index (χ1) is 13.5. The van der Waals surface area contributed by atoms with Gasteiger partial charge >= 0.3 is 0 Å². The standard InChI is InChI=1S/C21H11F4N3/c22-14-4-6-17(23)15(10-14)20-9-13(11-27-28-20)12-3-5-18(24)16(8-12)21-19(25)2-1-7-26-21/h1-11H. The fourth-order valence-electron chi connectivity index (χ4n) is 2.82. The highest BCUT2D eigenvalue weighted by molar-refractivity contribution is 5.74. The molecule has 0 aliphatic rings.